The van der Waals surface area contributed by atoms with Crippen LogP contribution in [0.15, 0.2) is 18.2 Å². The Morgan fingerprint density at radius 3 is 2.48 bits per heavy atom. The molecular formula is C19H23N3O3. The third kappa shape index (κ3) is 2.74. The molecular weight excluding hydrogens is 318 g/mol. The van der Waals surface area contributed by atoms with Gasteiger partial charge >= 0.3 is 0 Å². The van der Waals surface area contributed by atoms with Crippen LogP contribution >= 0.6 is 0 Å². The molecule has 0 aliphatic carbocycles. The maximum absolute atomic E-state index is 12.7. The number of imide groups is 1. The zero-order valence-electron chi connectivity index (χ0n) is 14.5. The van der Waals surface area contributed by atoms with E-state index < -0.39 is 6.04 Å². The third-order valence-corrected chi connectivity index (χ3v) is 5.66. The number of aryl methyl sites for hydroxylation is 1. The van der Waals surface area contributed by atoms with Gasteiger partial charge in [-0.3, -0.25) is 19.3 Å². The number of rotatable bonds is 3. The van der Waals surface area contributed by atoms with Crippen LogP contribution < -0.4 is 10.6 Å². The van der Waals surface area contributed by atoms with Crippen molar-refractivity contribution in [2.24, 2.45) is 0 Å². The lowest BCUT2D eigenvalue weighted by Crippen LogP contribution is -2.53. The highest BCUT2D eigenvalue weighted by Crippen LogP contribution is 2.28. The first-order valence-electron chi connectivity index (χ1n) is 8.99. The van der Waals surface area contributed by atoms with Gasteiger partial charge in [0.2, 0.25) is 5.91 Å². The van der Waals surface area contributed by atoms with Crippen LogP contribution in [0.4, 0.5) is 0 Å². The van der Waals surface area contributed by atoms with Gasteiger partial charge in [-0.25, -0.2) is 0 Å². The molecule has 0 saturated carbocycles. The summed E-state index contributed by atoms with van der Waals surface area (Å²) in [6.07, 6.45) is 4.14. The van der Waals surface area contributed by atoms with Gasteiger partial charge in [0.1, 0.15) is 6.04 Å². The van der Waals surface area contributed by atoms with Crippen LogP contribution in [0.5, 0.6) is 0 Å². The van der Waals surface area contributed by atoms with Crippen LogP contribution in [-0.4, -0.2) is 46.8 Å². The average Bonchev–Trinajstić information content (AvgIpc) is 3.04. The molecule has 3 aliphatic rings. The quantitative estimate of drug-likeness (QED) is 0.814. The van der Waals surface area contributed by atoms with Crippen molar-refractivity contribution >= 4 is 17.7 Å². The van der Waals surface area contributed by atoms with Crippen LogP contribution in [0, 0.1) is 6.92 Å². The zero-order chi connectivity index (χ0) is 17.7. The Balaban J connectivity index is 1.47. The largest absolute Gasteiger partial charge is 0.351 e. The number of benzene rings is 1. The highest BCUT2D eigenvalue weighted by molar-refractivity contribution is 6.22. The SMILES string of the molecule is Cc1ccc2c(c1)C(=O)N(C(C)C(=O)NC1CC3CCC(C1)N3)C2=O. The summed E-state index contributed by atoms with van der Waals surface area (Å²) in [6, 6.07) is 5.45. The topological polar surface area (TPSA) is 78.5 Å². The highest BCUT2D eigenvalue weighted by Gasteiger charge is 2.42. The number of carbonyl (C=O) groups is 3. The number of carbonyl (C=O) groups excluding carboxylic acids is 3. The van der Waals surface area contributed by atoms with Crippen molar-refractivity contribution in [1.82, 2.24) is 15.5 Å². The van der Waals surface area contributed by atoms with Crippen LogP contribution in [0.25, 0.3) is 0 Å². The molecule has 2 bridgehead atoms. The molecule has 3 amide bonds. The van der Waals surface area contributed by atoms with Crippen molar-refractivity contribution in [1.29, 1.82) is 0 Å². The molecule has 6 heteroatoms. The summed E-state index contributed by atoms with van der Waals surface area (Å²) in [4.78, 5) is 39.0. The minimum absolute atomic E-state index is 0.117. The summed E-state index contributed by atoms with van der Waals surface area (Å²) in [5.41, 5.74) is 1.70. The standard InChI is InChI=1S/C19H23N3O3/c1-10-3-6-15-16(7-10)19(25)22(18(15)24)11(2)17(23)21-14-8-12-4-5-13(9-14)20-12/h3,6-7,11-14,20H,4-5,8-9H2,1-2H3,(H,21,23). The van der Waals surface area contributed by atoms with Crippen molar-refractivity contribution in [3.05, 3.63) is 34.9 Å². The highest BCUT2D eigenvalue weighted by atomic mass is 16.2. The van der Waals surface area contributed by atoms with E-state index >= 15 is 0 Å². The Bertz CT molecular complexity index is 748. The first-order chi connectivity index (χ1) is 11.9. The van der Waals surface area contributed by atoms with Crippen molar-refractivity contribution in [2.45, 2.75) is 63.7 Å². The lowest BCUT2D eigenvalue weighted by molar-refractivity contribution is -0.125. The second-order valence-corrected chi connectivity index (χ2v) is 7.52. The van der Waals surface area contributed by atoms with Gasteiger partial charge in [0.15, 0.2) is 0 Å². The van der Waals surface area contributed by atoms with E-state index in [2.05, 4.69) is 10.6 Å². The van der Waals surface area contributed by atoms with Gasteiger partial charge in [0.05, 0.1) is 11.1 Å². The summed E-state index contributed by atoms with van der Waals surface area (Å²) >= 11 is 0. The van der Waals surface area contributed by atoms with Gasteiger partial charge in [-0.1, -0.05) is 11.6 Å². The Morgan fingerprint density at radius 2 is 1.80 bits per heavy atom. The predicted octanol–water partition coefficient (Wildman–Crippen LogP) is 1.38. The summed E-state index contributed by atoms with van der Waals surface area (Å²) in [6.45, 7) is 3.50. The van der Waals surface area contributed by atoms with Gasteiger partial charge in [0.25, 0.3) is 11.8 Å². The minimum Gasteiger partial charge on any atom is -0.351 e. The van der Waals surface area contributed by atoms with E-state index in [0.29, 0.717) is 23.2 Å². The van der Waals surface area contributed by atoms with E-state index in [0.717, 1.165) is 36.1 Å². The van der Waals surface area contributed by atoms with E-state index in [1.807, 2.05) is 13.0 Å². The molecule has 0 aromatic heterocycles. The molecule has 4 rings (SSSR count). The molecule has 0 radical (unpaired) electrons. The summed E-state index contributed by atoms with van der Waals surface area (Å²) in [5.74, 6) is -1.01. The molecule has 2 fully saturated rings. The molecule has 1 aromatic carbocycles. The summed E-state index contributed by atoms with van der Waals surface area (Å²) in [5, 5.41) is 6.59. The van der Waals surface area contributed by atoms with Crippen LogP contribution in [-0.2, 0) is 4.79 Å². The van der Waals surface area contributed by atoms with Crippen LogP contribution in [0.2, 0.25) is 0 Å². The third-order valence-electron chi connectivity index (χ3n) is 5.66. The zero-order valence-corrected chi connectivity index (χ0v) is 14.5. The molecule has 3 unspecified atom stereocenters. The van der Waals surface area contributed by atoms with Gasteiger partial charge in [-0.2, -0.15) is 0 Å². The van der Waals surface area contributed by atoms with Crippen molar-refractivity contribution in [3.8, 4) is 0 Å². The molecule has 3 heterocycles. The predicted molar refractivity (Wildman–Crippen MR) is 92.3 cm³/mol. The van der Waals surface area contributed by atoms with Gasteiger partial charge < -0.3 is 10.6 Å². The van der Waals surface area contributed by atoms with Crippen molar-refractivity contribution < 1.29 is 14.4 Å². The van der Waals surface area contributed by atoms with Gasteiger partial charge in [-0.15, -0.1) is 0 Å². The summed E-state index contributed by atoms with van der Waals surface area (Å²) in [7, 11) is 0. The smallest absolute Gasteiger partial charge is 0.262 e. The number of piperidine rings is 1. The van der Waals surface area contributed by atoms with E-state index in [4.69, 9.17) is 0 Å². The molecule has 6 nitrogen and oxygen atoms in total. The number of hydrogen-bond acceptors (Lipinski definition) is 4. The van der Waals surface area contributed by atoms with E-state index in [-0.39, 0.29) is 23.8 Å². The molecule has 1 aromatic rings. The number of nitrogens with one attached hydrogen (secondary N) is 2. The number of amides is 3. The second-order valence-electron chi connectivity index (χ2n) is 7.52. The van der Waals surface area contributed by atoms with Crippen molar-refractivity contribution in [3.63, 3.8) is 0 Å². The molecule has 132 valence electrons. The second kappa shape index (κ2) is 5.95. The molecule has 0 spiro atoms. The monoisotopic (exact) mass is 341 g/mol. The minimum atomic E-state index is -0.805. The maximum Gasteiger partial charge on any atom is 0.262 e. The molecule has 3 aliphatic heterocycles. The van der Waals surface area contributed by atoms with E-state index in [1.54, 1.807) is 19.1 Å². The fourth-order valence-electron chi connectivity index (χ4n) is 4.34. The molecule has 25 heavy (non-hydrogen) atoms. The Labute approximate surface area is 147 Å². The van der Waals surface area contributed by atoms with E-state index in [1.165, 1.54) is 0 Å². The number of nitrogens with zero attached hydrogens (tertiary/aromatic N) is 1. The normalized spacial score (nSPS) is 28.9. The fourth-order valence-corrected chi connectivity index (χ4v) is 4.34. The number of hydrogen-bond donors (Lipinski definition) is 2. The molecule has 2 N–H and O–H groups in total. The average molecular weight is 341 g/mol. The van der Waals surface area contributed by atoms with Crippen molar-refractivity contribution in [2.75, 3.05) is 0 Å². The van der Waals surface area contributed by atoms with Gasteiger partial charge in [-0.05, 0) is 51.7 Å². The Hall–Kier alpha value is -2.21. The first-order valence-corrected chi connectivity index (χ1v) is 8.99. The van der Waals surface area contributed by atoms with Gasteiger partial charge in [0, 0.05) is 18.1 Å². The lowest BCUT2D eigenvalue weighted by atomic mass is 9.99. The fraction of sp³-hybridized carbons (Fsp3) is 0.526. The Morgan fingerprint density at radius 1 is 1.16 bits per heavy atom. The summed E-state index contributed by atoms with van der Waals surface area (Å²) < 4.78 is 0. The van der Waals surface area contributed by atoms with E-state index in [9.17, 15) is 14.4 Å². The lowest BCUT2D eigenvalue weighted by Gasteiger charge is -2.31. The maximum atomic E-state index is 12.7. The molecule has 2 saturated heterocycles. The first kappa shape index (κ1) is 16.3. The van der Waals surface area contributed by atoms with Crippen LogP contribution in [0.1, 0.15) is 58.9 Å². The Kier molecular flexibility index (Phi) is 3.87. The van der Waals surface area contributed by atoms with Crippen LogP contribution in [0.3, 0.4) is 0 Å². The number of fused-ring (bicyclic) bond motifs is 3. The molecule has 3 atom stereocenters.